The van der Waals surface area contributed by atoms with Gasteiger partial charge in [-0.05, 0) is 5.92 Å². The highest BCUT2D eigenvalue weighted by Gasteiger charge is 2.11. The van der Waals surface area contributed by atoms with E-state index in [1.54, 1.807) is 6.20 Å². The number of hydrogen-bond acceptors (Lipinski definition) is 3. The molecule has 64 valence electrons. The van der Waals surface area contributed by atoms with Gasteiger partial charge < -0.3 is 5.73 Å². The number of nitrogens with zero attached hydrogens (tertiary/aromatic N) is 2. The largest absolute Gasteiger partial charge is 0.322 e. The van der Waals surface area contributed by atoms with Crippen LogP contribution in [0.3, 0.4) is 0 Å². The first-order chi connectivity index (χ1) is 4.72. The molecule has 1 atom stereocenters. The third-order valence-corrected chi connectivity index (χ3v) is 1.49. The average molecular weight is 177 g/mol. The van der Waals surface area contributed by atoms with Gasteiger partial charge in [0, 0.05) is 0 Å². The van der Waals surface area contributed by atoms with E-state index in [1.165, 1.54) is 0 Å². The van der Waals surface area contributed by atoms with E-state index in [1.807, 2.05) is 0 Å². The van der Waals surface area contributed by atoms with Crippen molar-refractivity contribution in [1.82, 2.24) is 15.4 Å². The Labute approximate surface area is 72.0 Å². The van der Waals surface area contributed by atoms with E-state index in [-0.39, 0.29) is 18.4 Å². The molecule has 0 aliphatic carbocycles. The van der Waals surface area contributed by atoms with Crippen molar-refractivity contribution in [2.75, 3.05) is 0 Å². The summed E-state index contributed by atoms with van der Waals surface area (Å²) >= 11 is 0. The number of nitrogens with two attached hydrogens (primary N) is 1. The predicted octanol–water partition coefficient (Wildman–Crippen LogP) is 0.882. The van der Waals surface area contributed by atoms with E-state index in [2.05, 4.69) is 29.3 Å². The molecule has 0 saturated heterocycles. The molecule has 0 aromatic carbocycles. The standard InChI is InChI=1S/C6H12N4.ClH/c1-4(2)6(7)5-3-8-10-9-5;/h3-4,6H,7H2,1-2H3,(H,8,9,10);1H. The molecule has 0 amide bonds. The lowest BCUT2D eigenvalue weighted by Crippen LogP contribution is -2.16. The van der Waals surface area contributed by atoms with Gasteiger partial charge in [-0.25, -0.2) is 0 Å². The topological polar surface area (TPSA) is 67.6 Å². The van der Waals surface area contributed by atoms with Crippen LogP contribution in [0.15, 0.2) is 6.20 Å². The Bertz CT molecular complexity index is 184. The summed E-state index contributed by atoms with van der Waals surface area (Å²) in [5.74, 6) is 0.407. The van der Waals surface area contributed by atoms with Crippen molar-refractivity contribution in [3.63, 3.8) is 0 Å². The highest BCUT2D eigenvalue weighted by molar-refractivity contribution is 5.85. The van der Waals surface area contributed by atoms with E-state index in [4.69, 9.17) is 5.73 Å². The SMILES string of the molecule is CC(C)C(N)c1cn[nH]n1.Cl. The van der Waals surface area contributed by atoms with Gasteiger partial charge in [-0.1, -0.05) is 13.8 Å². The molecule has 3 N–H and O–H groups in total. The molecule has 1 aromatic rings. The first-order valence-electron chi connectivity index (χ1n) is 3.33. The van der Waals surface area contributed by atoms with Crippen LogP contribution < -0.4 is 5.73 Å². The molecule has 1 unspecified atom stereocenters. The number of hydrogen-bond donors (Lipinski definition) is 2. The first-order valence-corrected chi connectivity index (χ1v) is 3.33. The summed E-state index contributed by atoms with van der Waals surface area (Å²) in [7, 11) is 0. The van der Waals surface area contributed by atoms with Crippen LogP contribution in [0.25, 0.3) is 0 Å². The van der Waals surface area contributed by atoms with Crippen molar-refractivity contribution >= 4 is 12.4 Å². The van der Waals surface area contributed by atoms with Crippen LogP contribution in [0.4, 0.5) is 0 Å². The van der Waals surface area contributed by atoms with Gasteiger partial charge in [0.2, 0.25) is 0 Å². The molecule has 1 aromatic heterocycles. The molecule has 0 radical (unpaired) electrons. The average Bonchev–Trinajstić information content (AvgIpc) is 2.36. The summed E-state index contributed by atoms with van der Waals surface area (Å²) in [5, 5.41) is 10.1. The van der Waals surface area contributed by atoms with Crippen LogP contribution in [0.2, 0.25) is 0 Å². The zero-order valence-electron chi connectivity index (χ0n) is 6.61. The highest BCUT2D eigenvalue weighted by atomic mass is 35.5. The van der Waals surface area contributed by atoms with E-state index >= 15 is 0 Å². The van der Waals surface area contributed by atoms with E-state index in [9.17, 15) is 0 Å². The normalized spacial score (nSPS) is 12.7. The van der Waals surface area contributed by atoms with Crippen molar-refractivity contribution in [1.29, 1.82) is 0 Å². The maximum Gasteiger partial charge on any atom is 0.0994 e. The second-order valence-electron chi connectivity index (χ2n) is 2.66. The predicted molar refractivity (Wildman–Crippen MR) is 45.4 cm³/mol. The van der Waals surface area contributed by atoms with Crippen molar-refractivity contribution in [2.45, 2.75) is 19.9 Å². The summed E-state index contributed by atoms with van der Waals surface area (Å²) < 4.78 is 0. The van der Waals surface area contributed by atoms with Gasteiger partial charge >= 0.3 is 0 Å². The monoisotopic (exact) mass is 176 g/mol. The number of aromatic amines is 1. The molecule has 1 rings (SSSR count). The zero-order chi connectivity index (χ0) is 7.56. The summed E-state index contributed by atoms with van der Waals surface area (Å²) in [4.78, 5) is 0. The molecule has 5 heteroatoms. The number of rotatable bonds is 2. The molecule has 0 spiro atoms. The van der Waals surface area contributed by atoms with Crippen molar-refractivity contribution < 1.29 is 0 Å². The fourth-order valence-corrected chi connectivity index (χ4v) is 0.713. The lowest BCUT2D eigenvalue weighted by Gasteiger charge is -2.10. The number of aromatic nitrogens is 3. The number of H-pyrrole nitrogens is 1. The van der Waals surface area contributed by atoms with Crippen LogP contribution in [0.5, 0.6) is 0 Å². The van der Waals surface area contributed by atoms with Crippen LogP contribution in [-0.4, -0.2) is 15.4 Å². The minimum atomic E-state index is -0.00116. The molecular weight excluding hydrogens is 164 g/mol. The molecule has 0 saturated carbocycles. The third kappa shape index (κ3) is 2.48. The van der Waals surface area contributed by atoms with Gasteiger partial charge in [-0.2, -0.15) is 15.4 Å². The molecule has 0 fully saturated rings. The minimum absolute atomic E-state index is 0. The van der Waals surface area contributed by atoms with Gasteiger partial charge in [-0.15, -0.1) is 12.4 Å². The Hall–Kier alpha value is -0.610. The summed E-state index contributed by atoms with van der Waals surface area (Å²) in [6.07, 6.45) is 1.66. The molecule has 11 heavy (non-hydrogen) atoms. The Morgan fingerprint density at radius 1 is 1.55 bits per heavy atom. The zero-order valence-corrected chi connectivity index (χ0v) is 7.43. The first kappa shape index (κ1) is 10.4. The Balaban J connectivity index is 0.000001000. The molecular formula is C6H13ClN4. The van der Waals surface area contributed by atoms with Crippen molar-refractivity contribution in [3.8, 4) is 0 Å². The third-order valence-electron chi connectivity index (χ3n) is 1.49. The Morgan fingerprint density at radius 2 is 2.18 bits per heavy atom. The fraction of sp³-hybridized carbons (Fsp3) is 0.667. The van der Waals surface area contributed by atoms with Gasteiger partial charge in [-0.3, -0.25) is 0 Å². The van der Waals surface area contributed by atoms with E-state index in [0.29, 0.717) is 5.92 Å². The molecule has 0 bridgehead atoms. The van der Waals surface area contributed by atoms with Crippen molar-refractivity contribution in [2.24, 2.45) is 11.7 Å². The highest BCUT2D eigenvalue weighted by Crippen LogP contribution is 2.13. The Kier molecular flexibility index (Phi) is 4.07. The number of halogens is 1. The Morgan fingerprint density at radius 3 is 2.55 bits per heavy atom. The van der Waals surface area contributed by atoms with Crippen LogP contribution in [0, 0.1) is 5.92 Å². The molecule has 0 aliphatic rings. The summed E-state index contributed by atoms with van der Waals surface area (Å²) in [5.41, 5.74) is 6.59. The van der Waals surface area contributed by atoms with Crippen LogP contribution in [-0.2, 0) is 0 Å². The quantitative estimate of drug-likeness (QED) is 0.703. The lowest BCUT2D eigenvalue weighted by molar-refractivity contribution is 0.502. The van der Waals surface area contributed by atoms with Gasteiger partial charge in [0.25, 0.3) is 0 Å². The van der Waals surface area contributed by atoms with Crippen LogP contribution >= 0.6 is 12.4 Å². The maximum atomic E-state index is 5.76. The van der Waals surface area contributed by atoms with Crippen LogP contribution in [0.1, 0.15) is 25.6 Å². The summed E-state index contributed by atoms with van der Waals surface area (Å²) in [6, 6.07) is -0.00116. The second-order valence-corrected chi connectivity index (χ2v) is 2.66. The lowest BCUT2D eigenvalue weighted by atomic mass is 10.0. The smallest absolute Gasteiger partial charge is 0.0994 e. The summed E-state index contributed by atoms with van der Waals surface area (Å²) in [6.45, 7) is 4.11. The fourth-order valence-electron chi connectivity index (χ4n) is 0.713. The van der Waals surface area contributed by atoms with E-state index in [0.717, 1.165) is 5.69 Å². The van der Waals surface area contributed by atoms with Gasteiger partial charge in [0.1, 0.15) is 0 Å². The van der Waals surface area contributed by atoms with E-state index < -0.39 is 0 Å². The maximum absolute atomic E-state index is 5.76. The second kappa shape index (κ2) is 4.31. The van der Waals surface area contributed by atoms with Gasteiger partial charge in [0.05, 0.1) is 17.9 Å². The molecule has 4 nitrogen and oxygen atoms in total. The molecule has 0 aliphatic heterocycles. The van der Waals surface area contributed by atoms with Crippen molar-refractivity contribution in [3.05, 3.63) is 11.9 Å². The minimum Gasteiger partial charge on any atom is -0.322 e. The van der Waals surface area contributed by atoms with Gasteiger partial charge in [0.15, 0.2) is 0 Å². The molecule has 1 heterocycles. The number of nitrogens with one attached hydrogen (secondary N) is 1.